The Morgan fingerprint density at radius 3 is 2.54 bits per heavy atom. The van der Waals surface area contributed by atoms with E-state index in [1.54, 1.807) is 20.3 Å². The van der Waals surface area contributed by atoms with Gasteiger partial charge < -0.3 is 25.0 Å². The van der Waals surface area contributed by atoms with Gasteiger partial charge in [-0.25, -0.2) is 0 Å². The van der Waals surface area contributed by atoms with Crippen molar-refractivity contribution in [1.29, 1.82) is 0 Å². The van der Waals surface area contributed by atoms with Crippen LogP contribution in [0.25, 0.3) is 0 Å². The topological polar surface area (TPSA) is 93.5 Å². The standard InChI is InChI=1S/C20H26N4O4/c1-27-19-6-3-15(13-20(19)28-2)7-8-22-17-14-16(4-5-18(17)24(25)26)23-11-9-21-10-12-23/h3-6,13-14,21-22H,7-12H2,1-2H3/p+1. The fourth-order valence-electron chi connectivity index (χ4n) is 3.41. The summed E-state index contributed by atoms with van der Waals surface area (Å²) in [5, 5.41) is 16.9. The van der Waals surface area contributed by atoms with Crippen LogP contribution >= 0.6 is 0 Å². The molecule has 0 unspecified atom stereocenters. The Hall–Kier alpha value is -3.00. The number of nitrogens with one attached hydrogen (secondary N) is 1. The molecule has 0 bridgehead atoms. The molecule has 1 heterocycles. The van der Waals surface area contributed by atoms with E-state index in [0.29, 0.717) is 30.2 Å². The molecule has 0 radical (unpaired) electrons. The lowest BCUT2D eigenvalue weighted by atomic mass is 10.1. The minimum Gasteiger partial charge on any atom is -0.493 e. The summed E-state index contributed by atoms with van der Waals surface area (Å²) in [6, 6.07) is 11.1. The van der Waals surface area contributed by atoms with Crippen molar-refractivity contribution in [3.8, 4) is 11.5 Å². The van der Waals surface area contributed by atoms with Crippen molar-refractivity contribution in [2.24, 2.45) is 0 Å². The van der Waals surface area contributed by atoms with Crippen LogP contribution in [0.5, 0.6) is 11.5 Å². The van der Waals surface area contributed by atoms with Gasteiger partial charge in [0.2, 0.25) is 0 Å². The predicted molar refractivity (Wildman–Crippen MR) is 109 cm³/mol. The van der Waals surface area contributed by atoms with Crippen LogP contribution < -0.4 is 25.0 Å². The quantitative estimate of drug-likeness (QED) is 0.528. The molecule has 3 N–H and O–H groups in total. The second-order valence-corrected chi connectivity index (χ2v) is 6.68. The van der Waals surface area contributed by atoms with Crippen molar-refractivity contribution < 1.29 is 19.7 Å². The molecule has 8 heteroatoms. The maximum Gasteiger partial charge on any atom is 0.292 e. The molecule has 0 aliphatic carbocycles. The Labute approximate surface area is 164 Å². The van der Waals surface area contributed by atoms with Crippen LogP contribution in [0.4, 0.5) is 17.1 Å². The number of nitro benzene ring substituents is 1. The molecule has 3 rings (SSSR count). The first-order valence-corrected chi connectivity index (χ1v) is 9.42. The maximum absolute atomic E-state index is 11.4. The summed E-state index contributed by atoms with van der Waals surface area (Å²) in [4.78, 5) is 13.3. The van der Waals surface area contributed by atoms with E-state index in [0.717, 1.165) is 37.4 Å². The molecular weight excluding hydrogens is 360 g/mol. The molecule has 0 aromatic heterocycles. The largest absolute Gasteiger partial charge is 0.493 e. The van der Waals surface area contributed by atoms with Gasteiger partial charge in [0, 0.05) is 18.3 Å². The van der Waals surface area contributed by atoms with Crippen LogP contribution in [0.3, 0.4) is 0 Å². The molecule has 1 aliphatic rings. The number of nitro groups is 1. The van der Waals surface area contributed by atoms with Gasteiger partial charge in [-0.1, -0.05) is 6.07 Å². The highest BCUT2D eigenvalue weighted by Crippen LogP contribution is 2.30. The van der Waals surface area contributed by atoms with E-state index in [9.17, 15) is 10.1 Å². The molecule has 1 saturated heterocycles. The van der Waals surface area contributed by atoms with Crippen molar-refractivity contribution in [1.82, 2.24) is 0 Å². The van der Waals surface area contributed by atoms with Gasteiger partial charge in [0.1, 0.15) is 5.69 Å². The summed E-state index contributed by atoms with van der Waals surface area (Å²) in [6.45, 7) is 4.55. The second-order valence-electron chi connectivity index (χ2n) is 6.68. The van der Waals surface area contributed by atoms with E-state index in [-0.39, 0.29) is 10.6 Å². The van der Waals surface area contributed by atoms with Gasteiger partial charge in [0.05, 0.1) is 45.3 Å². The average Bonchev–Trinajstić information content (AvgIpc) is 2.74. The number of quaternary nitrogens is 1. The summed E-state index contributed by atoms with van der Waals surface area (Å²) >= 11 is 0. The van der Waals surface area contributed by atoms with Crippen molar-refractivity contribution in [3.63, 3.8) is 0 Å². The van der Waals surface area contributed by atoms with E-state index in [2.05, 4.69) is 15.5 Å². The number of nitrogens with zero attached hydrogens (tertiary/aromatic N) is 2. The van der Waals surface area contributed by atoms with Crippen molar-refractivity contribution in [2.75, 3.05) is 57.2 Å². The zero-order chi connectivity index (χ0) is 19.9. The molecular formula is C20H27N4O4+. The van der Waals surface area contributed by atoms with Crippen molar-refractivity contribution >= 4 is 17.1 Å². The summed E-state index contributed by atoms with van der Waals surface area (Å²) in [7, 11) is 3.21. The van der Waals surface area contributed by atoms with Crippen LogP contribution in [0, 0.1) is 10.1 Å². The zero-order valence-electron chi connectivity index (χ0n) is 16.3. The lowest BCUT2D eigenvalue weighted by Crippen LogP contribution is -2.89. The van der Waals surface area contributed by atoms with Crippen LogP contribution in [0.1, 0.15) is 5.56 Å². The molecule has 8 nitrogen and oxygen atoms in total. The monoisotopic (exact) mass is 387 g/mol. The third-order valence-corrected chi connectivity index (χ3v) is 4.93. The van der Waals surface area contributed by atoms with Gasteiger partial charge in [-0.15, -0.1) is 0 Å². The Morgan fingerprint density at radius 2 is 1.86 bits per heavy atom. The number of rotatable bonds is 8. The zero-order valence-corrected chi connectivity index (χ0v) is 16.3. The highest BCUT2D eigenvalue weighted by Gasteiger charge is 2.18. The molecule has 0 saturated carbocycles. The first kappa shape index (κ1) is 19.8. The number of ether oxygens (including phenoxy) is 2. The van der Waals surface area contributed by atoms with Crippen LogP contribution in [-0.4, -0.2) is 51.9 Å². The van der Waals surface area contributed by atoms with Gasteiger partial charge in [0.15, 0.2) is 11.5 Å². The van der Waals surface area contributed by atoms with Gasteiger partial charge >= 0.3 is 0 Å². The SMILES string of the molecule is COc1ccc(CCNc2cc(N3CC[NH2+]CC3)ccc2[N+](=O)[O-])cc1OC. The number of hydrogen-bond acceptors (Lipinski definition) is 6. The van der Waals surface area contributed by atoms with E-state index in [1.165, 1.54) is 0 Å². The summed E-state index contributed by atoms with van der Waals surface area (Å²) in [5.41, 5.74) is 2.74. The molecule has 2 aromatic carbocycles. The number of benzene rings is 2. The first-order chi connectivity index (χ1) is 13.6. The highest BCUT2D eigenvalue weighted by molar-refractivity contribution is 5.69. The summed E-state index contributed by atoms with van der Waals surface area (Å²) in [6.07, 6.45) is 0.709. The normalized spacial score (nSPS) is 13.9. The number of piperazine rings is 1. The third kappa shape index (κ3) is 4.64. The number of methoxy groups -OCH3 is 2. The molecule has 0 atom stereocenters. The van der Waals surface area contributed by atoms with Crippen molar-refractivity contribution in [2.45, 2.75) is 6.42 Å². The smallest absolute Gasteiger partial charge is 0.292 e. The molecule has 1 fully saturated rings. The molecule has 2 aromatic rings. The summed E-state index contributed by atoms with van der Waals surface area (Å²) in [5.74, 6) is 1.36. The Bertz CT molecular complexity index is 822. The van der Waals surface area contributed by atoms with Gasteiger partial charge in [-0.2, -0.15) is 0 Å². The Balaban J connectivity index is 1.70. The van der Waals surface area contributed by atoms with Crippen molar-refractivity contribution in [3.05, 3.63) is 52.1 Å². The van der Waals surface area contributed by atoms with Gasteiger partial charge in [-0.3, -0.25) is 10.1 Å². The minimum absolute atomic E-state index is 0.0969. The van der Waals surface area contributed by atoms with E-state index in [1.807, 2.05) is 30.3 Å². The molecule has 0 amide bonds. The lowest BCUT2D eigenvalue weighted by Gasteiger charge is -2.27. The first-order valence-electron chi connectivity index (χ1n) is 9.42. The highest BCUT2D eigenvalue weighted by atomic mass is 16.6. The molecule has 1 aliphatic heterocycles. The molecule has 0 spiro atoms. The Kier molecular flexibility index (Phi) is 6.54. The van der Waals surface area contributed by atoms with Gasteiger partial charge in [0.25, 0.3) is 5.69 Å². The predicted octanol–water partition coefficient (Wildman–Crippen LogP) is 1.65. The minimum atomic E-state index is -0.341. The van der Waals surface area contributed by atoms with Gasteiger partial charge in [-0.05, 0) is 36.2 Å². The van der Waals surface area contributed by atoms with E-state index >= 15 is 0 Å². The molecule has 150 valence electrons. The number of nitrogens with two attached hydrogens (primary N) is 1. The van der Waals surface area contributed by atoms with Crippen LogP contribution in [0.15, 0.2) is 36.4 Å². The molecule has 28 heavy (non-hydrogen) atoms. The number of anilines is 2. The number of hydrogen-bond donors (Lipinski definition) is 2. The maximum atomic E-state index is 11.4. The van der Waals surface area contributed by atoms with E-state index < -0.39 is 0 Å². The average molecular weight is 387 g/mol. The summed E-state index contributed by atoms with van der Waals surface area (Å²) < 4.78 is 10.6. The fraction of sp³-hybridized carbons (Fsp3) is 0.400. The third-order valence-electron chi connectivity index (χ3n) is 4.93. The fourth-order valence-corrected chi connectivity index (χ4v) is 3.41. The Morgan fingerprint density at radius 1 is 1.11 bits per heavy atom. The second kappa shape index (κ2) is 9.27. The van der Waals surface area contributed by atoms with Crippen LogP contribution in [-0.2, 0) is 6.42 Å². The lowest BCUT2D eigenvalue weighted by molar-refractivity contribution is -0.655. The van der Waals surface area contributed by atoms with E-state index in [4.69, 9.17) is 9.47 Å². The van der Waals surface area contributed by atoms with Crippen LogP contribution in [0.2, 0.25) is 0 Å².